The molecule has 21 heavy (non-hydrogen) atoms. The highest BCUT2D eigenvalue weighted by molar-refractivity contribution is 7.99. The molecule has 2 unspecified atom stereocenters. The Balaban J connectivity index is 2.23. The van der Waals surface area contributed by atoms with Crippen LogP contribution in [0.2, 0.25) is 0 Å². The second-order valence-electron chi connectivity index (χ2n) is 4.65. The van der Waals surface area contributed by atoms with Crippen LogP contribution in [0.15, 0.2) is 65.6 Å². The molecule has 0 fully saturated rings. The topological polar surface area (TPSA) is 66.9 Å². The molecule has 0 spiro atoms. The first-order chi connectivity index (χ1) is 10.2. The third kappa shape index (κ3) is 4.37. The van der Waals surface area contributed by atoms with Gasteiger partial charge in [-0.15, -0.1) is 11.8 Å². The first kappa shape index (κ1) is 15.1. The second-order valence-corrected chi connectivity index (χ2v) is 5.93. The van der Waals surface area contributed by atoms with Gasteiger partial charge in [0.05, 0.1) is 6.07 Å². The van der Waals surface area contributed by atoms with Gasteiger partial charge in [-0.1, -0.05) is 48.5 Å². The van der Waals surface area contributed by atoms with Crippen LogP contribution in [0.25, 0.3) is 0 Å². The Morgan fingerprint density at radius 2 is 1.67 bits per heavy atom. The van der Waals surface area contributed by atoms with Crippen LogP contribution in [-0.4, -0.2) is 5.91 Å². The van der Waals surface area contributed by atoms with Gasteiger partial charge in [0.25, 0.3) is 0 Å². The SMILES string of the molecule is N#CC(CC(Sc1ccccc1)c1ccccc1)C(N)=O. The summed E-state index contributed by atoms with van der Waals surface area (Å²) >= 11 is 1.64. The fourth-order valence-electron chi connectivity index (χ4n) is 2.03. The summed E-state index contributed by atoms with van der Waals surface area (Å²) in [5.41, 5.74) is 6.39. The number of benzene rings is 2. The van der Waals surface area contributed by atoms with Crippen LogP contribution >= 0.6 is 11.8 Å². The van der Waals surface area contributed by atoms with Crippen molar-refractivity contribution in [3.63, 3.8) is 0 Å². The number of nitrogens with zero attached hydrogens (tertiary/aromatic N) is 1. The summed E-state index contributed by atoms with van der Waals surface area (Å²) in [7, 11) is 0. The number of rotatable bonds is 6. The molecule has 0 saturated carbocycles. The molecule has 0 aromatic heterocycles. The molecule has 0 radical (unpaired) electrons. The van der Waals surface area contributed by atoms with Crippen LogP contribution in [0, 0.1) is 17.2 Å². The van der Waals surface area contributed by atoms with Gasteiger partial charge in [-0.25, -0.2) is 0 Å². The summed E-state index contributed by atoms with van der Waals surface area (Å²) in [6.07, 6.45) is 0.412. The summed E-state index contributed by atoms with van der Waals surface area (Å²) in [6.45, 7) is 0. The molecule has 2 rings (SSSR count). The van der Waals surface area contributed by atoms with Gasteiger partial charge in [0.1, 0.15) is 5.92 Å². The van der Waals surface area contributed by atoms with Crippen molar-refractivity contribution in [2.24, 2.45) is 11.7 Å². The lowest BCUT2D eigenvalue weighted by molar-refractivity contribution is -0.120. The summed E-state index contributed by atoms with van der Waals surface area (Å²) in [5, 5.41) is 9.12. The van der Waals surface area contributed by atoms with E-state index < -0.39 is 11.8 Å². The van der Waals surface area contributed by atoms with E-state index in [1.54, 1.807) is 11.8 Å². The number of hydrogen-bond acceptors (Lipinski definition) is 3. The lowest BCUT2D eigenvalue weighted by Crippen LogP contribution is -2.23. The van der Waals surface area contributed by atoms with E-state index in [0.717, 1.165) is 10.5 Å². The molecule has 4 heteroatoms. The highest BCUT2D eigenvalue weighted by atomic mass is 32.2. The van der Waals surface area contributed by atoms with Gasteiger partial charge in [0.2, 0.25) is 5.91 Å². The van der Waals surface area contributed by atoms with Crippen LogP contribution in [0.5, 0.6) is 0 Å². The molecule has 2 atom stereocenters. The highest BCUT2D eigenvalue weighted by Crippen LogP contribution is 2.39. The minimum absolute atomic E-state index is 0.0192. The van der Waals surface area contributed by atoms with Crippen molar-refractivity contribution in [1.29, 1.82) is 5.26 Å². The van der Waals surface area contributed by atoms with E-state index in [-0.39, 0.29) is 5.25 Å². The number of nitrogens with two attached hydrogens (primary N) is 1. The van der Waals surface area contributed by atoms with Crippen molar-refractivity contribution < 1.29 is 4.79 Å². The third-order valence-corrected chi connectivity index (χ3v) is 4.44. The molecule has 0 saturated heterocycles. The molecular weight excluding hydrogens is 280 g/mol. The summed E-state index contributed by atoms with van der Waals surface area (Å²) < 4.78 is 0. The van der Waals surface area contributed by atoms with Crippen molar-refractivity contribution in [3.05, 3.63) is 66.2 Å². The summed E-state index contributed by atoms with van der Waals surface area (Å²) in [5.74, 6) is -1.33. The first-order valence-corrected chi connectivity index (χ1v) is 7.54. The van der Waals surface area contributed by atoms with Gasteiger partial charge >= 0.3 is 0 Å². The van der Waals surface area contributed by atoms with Crippen LogP contribution in [-0.2, 0) is 4.79 Å². The predicted molar refractivity (Wildman–Crippen MR) is 84.4 cm³/mol. The molecule has 2 aromatic carbocycles. The minimum atomic E-state index is -0.772. The monoisotopic (exact) mass is 296 g/mol. The third-order valence-electron chi connectivity index (χ3n) is 3.14. The number of amides is 1. The molecule has 3 nitrogen and oxygen atoms in total. The van der Waals surface area contributed by atoms with E-state index >= 15 is 0 Å². The van der Waals surface area contributed by atoms with Gasteiger partial charge in [-0.3, -0.25) is 4.79 Å². The number of nitriles is 1. The number of carbonyl (C=O) groups is 1. The Hall–Kier alpha value is -2.25. The van der Waals surface area contributed by atoms with Crippen LogP contribution in [0.3, 0.4) is 0 Å². The molecular formula is C17H16N2OS. The number of thioether (sulfide) groups is 1. The van der Waals surface area contributed by atoms with E-state index in [1.165, 1.54) is 0 Å². The minimum Gasteiger partial charge on any atom is -0.369 e. The second kappa shape index (κ2) is 7.51. The largest absolute Gasteiger partial charge is 0.369 e. The molecule has 2 aromatic rings. The Bertz CT molecular complexity index is 622. The molecule has 0 aliphatic rings. The predicted octanol–water partition coefficient (Wildman–Crippen LogP) is 3.54. The zero-order valence-corrected chi connectivity index (χ0v) is 12.3. The van der Waals surface area contributed by atoms with Gasteiger partial charge in [0, 0.05) is 10.1 Å². The molecule has 0 bridgehead atoms. The first-order valence-electron chi connectivity index (χ1n) is 6.66. The fraction of sp³-hybridized carbons (Fsp3) is 0.176. The number of carbonyl (C=O) groups excluding carboxylic acids is 1. The zero-order valence-electron chi connectivity index (χ0n) is 11.5. The quantitative estimate of drug-likeness (QED) is 0.829. The van der Waals surface area contributed by atoms with E-state index in [0.29, 0.717) is 6.42 Å². The molecule has 2 N–H and O–H groups in total. The lowest BCUT2D eigenvalue weighted by atomic mass is 10.00. The molecule has 0 aliphatic carbocycles. The Labute approximate surface area is 128 Å². The highest BCUT2D eigenvalue weighted by Gasteiger charge is 2.22. The maximum atomic E-state index is 11.3. The van der Waals surface area contributed by atoms with Crippen molar-refractivity contribution in [2.45, 2.75) is 16.6 Å². The number of primary amides is 1. The number of hydrogen-bond donors (Lipinski definition) is 1. The summed E-state index contributed by atoms with van der Waals surface area (Å²) in [4.78, 5) is 12.4. The van der Waals surface area contributed by atoms with Gasteiger partial charge < -0.3 is 5.73 Å². The summed E-state index contributed by atoms with van der Waals surface area (Å²) in [6, 6.07) is 21.8. The molecule has 0 heterocycles. The van der Waals surface area contributed by atoms with Crippen molar-refractivity contribution in [3.8, 4) is 6.07 Å². The van der Waals surface area contributed by atoms with Crippen molar-refractivity contribution >= 4 is 17.7 Å². The maximum absolute atomic E-state index is 11.3. The van der Waals surface area contributed by atoms with Crippen molar-refractivity contribution in [1.82, 2.24) is 0 Å². The molecule has 1 amide bonds. The van der Waals surface area contributed by atoms with Crippen LogP contribution in [0.4, 0.5) is 0 Å². The average molecular weight is 296 g/mol. The fourth-order valence-corrected chi connectivity index (χ4v) is 3.25. The Kier molecular flexibility index (Phi) is 5.42. The van der Waals surface area contributed by atoms with Crippen LogP contribution < -0.4 is 5.73 Å². The van der Waals surface area contributed by atoms with E-state index in [1.807, 2.05) is 66.7 Å². The Morgan fingerprint density at radius 3 is 2.19 bits per heavy atom. The smallest absolute Gasteiger partial charge is 0.234 e. The van der Waals surface area contributed by atoms with E-state index in [4.69, 9.17) is 11.0 Å². The standard InChI is InChI=1S/C17H16N2OS/c18-12-14(17(19)20)11-16(13-7-3-1-4-8-13)21-15-9-5-2-6-10-15/h1-10,14,16H,11H2,(H2,19,20). The maximum Gasteiger partial charge on any atom is 0.234 e. The molecule has 106 valence electrons. The van der Waals surface area contributed by atoms with Crippen LogP contribution in [0.1, 0.15) is 17.2 Å². The van der Waals surface area contributed by atoms with Gasteiger partial charge in [-0.05, 0) is 24.1 Å². The van der Waals surface area contributed by atoms with E-state index in [9.17, 15) is 4.79 Å². The Morgan fingerprint density at radius 1 is 1.10 bits per heavy atom. The van der Waals surface area contributed by atoms with Gasteiger partial charge in [-0.2, -0.15) is 5.26 Å². The van der Waals surface area contributed by atoms with Crippen molar-refractivity contribution in [2.75, 3.05) is 0 Å². The van der Waals surface area contributed by atoms with E-state index in [2.05, 4.69) is 0 Å². The molecule has 0 aliphatic heterocycles. The zero-order chi connectivity index (χ0) is 15.1. The average Bonchev–Trinajstić information content (AvgIpc) is 2.53. The lowest BCUT2D eigenvalue weighted by Gasteiger charge is -2.18. The normalized spacial score (nSPS) is 13.1. The van der Waals surface area contributed by atoms with Gasteiger partial charge in [0.15, 0.2) is 0 Å².